The zero-order valence-electron chi connectivity index (χ0n) is 29.5. The van der Waals surface area contributed by atoms with Gasteiger partial charge in [-0.3, -0.25) is 9.59 Å². The van der Waals surface area contributed by atoms with Gasteiger partial charge in [0.05, 0.1) is 12.6 Å². The average molecular weight is 643 g/mol. The lowest BCUT2D eigenvalue weighted by Crippen LogP contribution is -2.58. The molecule has 2 unspecified atom stereocenters. The second-order valence-corrected chi connectivity index (χ2v) is 13.9. The summed E-state index contributed by atoms with van der Waals surface area (Å²) in [5, 5.41) is 5.78. The topological polar surface area (TPSA) is 103 Å². The molecular formula is C38H62N2O6. The first-order valence-electron chi connectivity index (χ1n) is 17.7. The van der Waals surface area contributed by atoms with E-state index in [0.29, 0.717) is 13.0 Å². The molecule has 0 radical (unpaired) electrons. The van der Waals surface area contributed by atoms with Crippen molar-refractivity contribution in [2.75, 3.05) is 13.2 Å². The van der Waals surface area contributed by atoms with Crippen LogP contribution in [0, 0.1) is 5.41 Å². The zero-order valence-corrected chi connectivity index (χ0v) is 29.5. The van der Waals surface area contributed by atoms with E-state index >= 15 is 0 Å². The van der Waals surface area contributed by atoms with Crippen LogP contribution in [0.15, 0.2) is 42.5 Å². The number of carbonyl (C=O) groups excluding carboxylic acids is 3. The quantitative estimate of drug-likeness (QED) is 0.0753. The van der Waals surface area contributed by atoms with Gasteiger partial charge in [-0.25, -0.2) is 4.79 Å². The SMILES string of the molecule is CCCCCCCC/C=C\CCCCCCCC(=O)N[C@H](COC(=O)C(C)NC(=O)C1OC(C)(C)OCC1(C)C)c1ccccc1. The molecule has 46 heavy (non-hydrogen) atoms. The zero-order chi connectivity index (χ0) is 33.8. The minimum Gasteiger partial charge on any atom is -0.462 e. The van der Waals surface area contributed by atoms with Crippen LogP contribution < -0.4 is 10.6 Å². The number of amides is 2. The van der Waals surface area contributed by atoms with E-state index in [1.807, 2.05) is 44.2 Å². The number of esters is 1. The molecule has 8 nitrogen and oxygen atoms in total. The van der Waals surface area contributed by atoms with Crippen molar-refractivity contribution in [1.82, 2.24) is 10.6 Å². The maximum absolute atomic E-state index is 13.0. The molecule has 2 amide bonds. The normalized spacial score (nSPS) is 18.5. The largest absolute Gasteiger partial charge is 0.462 e. The minimum absolute atomic E-state index is 0.0343. The number of hydrogen-bond acceptors (Lipinski definition) is 6. The Kier molecular flexibility index (Phi) is 18.2. The van der Waals surface area contributed by atoms with E-state index in [2.05, 4.69) is 29.7 Å². The van der Waals surface area contributed by atoms with Crippen molar-refractivity contribution in [3.05, 3.63) is 48.0 Å². The van der Waals surface area contributed by atoms with Crippen LogP contribution in [0.3, 0.4) is 0 Å². The third-order valence-corrected chi connectivity index (χ3v) is 8.45. The third kappa shape index (κ3) is 15.7. The van der Waals surface area contributed by atoms with Crippen LogP contribution >= 0.6 is 0 Å². The lowest BCUT2D eigenvalue weighted by molar-refractivity contribution is -0.304. The number of ether oxygens (including phenoxy) is 3. The number of carbonyl (C=O) groups is 3. The highest BCUT2D eigenvalue weighted by molar-refractivity contribution is 5.87. The predicted octanol–water partition coefficient (Wildman–Crippen LogP) is 8.11. The fourth-order valence-electron chi connectivity index (χ4n) is 5.49. The molecule has 1 heterocycles. The summed E-state index contributed by atoms with van der Waals surface area (Å²) in [6.07, 6.45) is 20.0. The fraction of sp³-hybridized carbons (Fsp3) is 0.711. The van der Waals surface area contributed by atoms with Crippen LogP contribution in [0.2, 0.25) is 0 Å². The van der Waals surface area contributed by atoms with E-state index in [9.17, 15) is 14.4 Å². The molecule has 1 aromatic rings. The Hall–Kier alpha value is -2.71. The highest BCUT2D eigenvalue weighted by atomic mass is 16.7. The Balaban J connectivity index is 1.70. The van der Waals surface area contributed by atoms with Gasteiger partial charge in [0, 0.05) is 11.8 Å². The van der Waals surface area contributed by atoms with E-state index in [4.69, 9.17) is 14.2 Å². The monoisotopic (exact) mass is 642 g/mol. The molecule has 0 aliphatic carbocycles. The molecule has 1 aromatic carbocycles. The van der Waals surface area contributed by atoms with Gasteiger partial charge in [0.15, 0.2) is 5.79 Å². The molecule has 1 aliphatic heterocycles. The maximum atomic E-state index is 13.0. The summed E-state index contributed by atoms with van der Waals surface area (Å²) in [4.78, 5) is 38.8. The number of nitrogens with one attached hydrogen (secondary N) is 2. The highest BCUT2D eigenvalue weighted by Crippen LogP contribution is 2.35. The summed E-state index contributed by atoms with van der Waals surface area (Å²) in [6.45, 7) is 11.5. The van der Waals surface area contributed by atoms with Crippen LogP contribution in [0.25, 0.3) is 0 Å². The van der Waals surface area contributed by atoms with Gasteiger partial charge >= 0.3 is 5.97 Å². The number of benzene rings is 1. The van der Waals surface area contributed by atoms with Gasteiger partial charge in [-0.15, -0.1) is 0 Å². The lowest BCUT2D eigenvalue weighted by Gasteiger charge is -2.44. The Bertz CT molecular complexity index is 1050. The van der Waals surface area contributed by atoms with Crippen LogP contribution in [0.1, 0.15) is 143 Å². The van der Waals surface area contributed by atoms with Gasteiger partial charge in [-0.1, -0.05) is 115 Å². The van der Waals surface area contributed by atoms with Gasteiger partial charge in [0.1, 0.15) is 18.8 Å². The van der Waals surface area contributed by atoms with Crippen molar-refractivity contribution in [3.63, 3.8) is 0 Å². The first-order chi connectivity index (χ1) is 21.9. The first-order valence-corrected chi connectivity index (χ1v) is 17.7. The number of unbranched alkanes of at least 4 members (excludes halogenated alkanes) is 11. The molecule has 0 bridgehead atoms. The Labute approximate surface area is 278 Å². The first kappa shape index (κ1) is 39.5. The van der Waals surface area contributed by atoms with Crippen LogP contribution in [-0.2, 0) is 28.6 Å². The molecule has 0 saturated carbocycles. The number of hydrogen-bond donors (Lipinski definition) is 2. The summed E-state index contributed by atoms with van der Waals surface area (Å²) in [7, 11) is 0. The Morgan fingerprint density at radius 1 is 0.870 bits per heavy atom. The Morgan fingerprint density at radius 3 is 2.09 bits per heavy atom. The van der Waals surface area contributed by atoms with Gasteiger partial charge in [-0.05, 0) is 58.4 Å². The van der Waals surface area contributed by atoms with Gasteiger partial charge in [-0.2, -0.15) is 0 Å². The smallest absolute Gasteiger partial charge is 0.328 e. The Morgan fingerprint density at radius 2 is 1.46 bits per heavy atom. The molecule has 3 atom stereocenters. The summed E-state index contributed by atoms with van der Waals surface area (Å²) in [5.41, 5.74) is 0.292. The second kappa shape index (κ2) is 21.2. The van der Waals surface area contributed by atoms with Crippen LogP contribution in [0.5, 0.6) is 0 Å². The standard InChI is InChI=1S/C38H62N2O6/c1-7-8-9-10-11-12-13-14-15-16-17-18-19-20-24-27-33(41)40-32(31-25-22-21-23-26-31)28-44-36(43)30(2)39-35(42)34-37(3,4)29-45-38(5,6)46-34/h14-15,21-23,25-26,30,32,34H,7-13,16-20,24,27-29H2,1-6H3,(H,39,42)(H,40,41)/b15-14-/t30?,32-,34?/m1/s1. The summed E-state index contributed by atoms with van der Waals surface area (Å²) in [6, 6.07) is 8.11. The third-order valence-electron chi connectivity index (χ3n) is 8.45. The second-order valence-electron chi connectivity index (χ2n) is 13.9. The molecule has 1 aliphatic rings. The van der Waals surface area contributed by atoms with Crippen molar-refractivity contribution >= 4 is 17.8 Å². The molecule has 0 spiro atoms. The van der Waals surface area contributed by atoms with Crippen molar-refractivity contribution in [3.8, 4) is 0 Å². The summed E-state index contributed by atoms with van der Waals surface area (Å²) in [5.74, 6) is -1.93. The molecule has 0 aromatic heterocycles. The molecule has 1 fully saturated rings. The average Bonchev–Trinajstić information content (AvgIpc) is 3.02. The van der Waals surface area contributed by atoms with E-state index < -0.39 is 41.3 Å². The molecular weight excluding hydrogens is 580 g/mol. The molecule has 2 N–H and O–H groups in total. The maximum Gasteiger partial charge on any atom is 0.328 e. The van der Waals surface area contributed by atoms with Gasteiger partial charge in [0.2, 0.25) is 5.91 Å². The van der Waals surface area contributed by atoms with Crippen molar-refractivity contribution in [2.24, 2.45) is 5.41 Å². The minimum atomic E-state index is -0.896. The summed E-state index contributed by atoms with van der Waals surface area (Å²) < 4.78 is 17.2. The lowest BCUT2D eigenvalue weighted by atomic mass is 9.85. The molecule has 1 saturated heterocycles. The molecule has 2 rings (SSSR count). The summed E-state index contributed by atoms with van der Waals surface area (Å²) >= 11 is 0. The van der Waals surface area contributed by atoms with Gasteiger partial charge < -0.3 is 24.8 Å². The van der Waals surface area contributed by atoms with Gasteiger partial charge in [0.25, 0.3) is 5.91 Å². The number of rotatable bonds is 22. The van der Waals surface area contributed by atoms with E-state index in [1.165, 1.54) is 57.8 Å². The van der Waals surface area contributed by atoms with E-state index in [0.717, 1.165) is 31.2 Å². The van der Waals surface area contributed by atoms with Crippen molar-refractivity contribution < 1.29 is 28.6 Å². The predicted molar refractivity (Wildman–Crippen MR) is 184 cm³/mol. The number of allylic oxidation sites excluding steroid dienone is 2. The highest BCUT2D eigenvalue weighted by Gasteiger charge is 2.46. The molecule has 8 heteroatoms. The van der Waals surface area contributed by atoms with E-state index in [1.54, 1.807) is 20.8 Å². The van der Waals surface area contributed by atoms with Crippen LogP contribution in [0.4, 0.5) is 0 Å². The van der Waals surface area contributed by atoms with Crippen molar-refractivity contribution in [1.29, 1.82) is 0 Å². The van der Waals surface area contributed by atoms with Crippen molar-refractivity contribution in [2.45, 2.75) is 155 Å². The van der Waals surface area contributed by atoms with Crippen LogP contribution in [-0.4, -0.2) is 48.9 Å². The fourth-order valence-corrected chi connectivity index (χ4v) is 5.49. The molecule has 260 valence electrons. The van der Waals surface area contributed by atoms with E-state index in [-0.39, 0.29) is 12.5 Å².